The average Bonchev–Trinajstić information content (AvgIpc) is 3.49. The number of methoxy groups -OCH3 is 1. The van der Waals surface area contributed by atoms with Crippen LogP contribution >= 0.6 is 0 Å². The van der Waals surface area contributed by atoms with E-state index in [-0.39, 0.29) is 11.8 Å². The number of amides is 1. The lowest BCUT2D eigenvalue weighted by molar-refractivity contribution is -0.130. The molecule has 2 aliphatic rings. The summed E-state index contributed by atoms with van der Waals surface area (Å²) in [4.78, 5) is 12.7. The molecule has 1 fully saturated rings. The predicted octanol–water partition coefficient (Wildman–Crippen LogP) is 4.06. The maximum Gasteiger partial charge on any atom is 0.250 e. The van der Waals surface area contributed by atoms with Gasteiger partial charge in [-0.1, -0.05) is 36.4 Å². The van der Waals surface area contributed by atoms with Gasteiger partial charge in [0.15, 0.2) is 0 Å². The van der Waals surface area contributed by atoms with Crippen molar-refractivity contribution in [3.8, 4) is 5.75 Å². The Morgan fingerprint density at radius 2 is 1.92 bits per heavy atom. The number of hydrogen-bond donors (Lipinski definition) is 0. The summed E-state index contributed by atoms with van der Waals surface area (Å²) in [5.41, 5.74) is 4.61. The van der Waals surface area contributed by atoms with E-state index in [1.54, 1.807) is 12.1 Å². The molecule has 0 radical (unpaired) electrons. The SMILES string of the molecule is COc1ccc2c(c1)C(c1ccccc1)=NN(C(=O)C1CC1)C(C)=C2. The lowest BCUT2D eigenvalue weighted by atomic mass is 9.97. The van der Waals surface area contributed by atoms with Crippen molar-refractivity contribution < 1.29 is 9.53 Å². The normalized spacial score (nSPS) is 16.5. The van der Waals surface area contributed by atoms with Crippen LogP contribution in [0.5, 0.6) is 5.75 Å². The van der Waals surface area contributed by atoms with Gasteiger partial charge in [0.1, 0.15) is 5.75 Å². The molecule has 2 aromatic carbocycles. The third-order valence-corrected chi connectivity index (χ3v) is 4.60. The molecule has 0 aromatic heterocycles. The Morgan fingerprint density at radius 3 is 2.60 bits per heavy atom. The van der Waals surface area contributed by atoms with Crippen LogP contribution in [0.25, 0.3) is 6.08 Å². The van der Waals surface area contributed by atoms with E-state index in [2.05, 4.69) is 0 Å². The number of carbonyl (C=O) groups is 1. The third-order valence-electron chi connectivity index (χ3n) is 4.60. The summed E-state index contributed by atoms with van der Waals surface area (Å²) in [7, 11) is 1.65. The molecule has 25 heavy (non-hydrogen) atoms. The van der Waals surface area contributed by atoms with Gasteiger partial charge in [0.05, 0.1) is 12.8 Å². The van der Waals surface area contributed by atoms with Crippen LogP contribution < -0.4 is 4.74 Å². The van der Waals surface area contributed by atoms with Crippen LogP contribution in [0.4, 0.5) is 0 Å². The number of ether oxygens (including phenoxy) is 1. The topological polar surface area (TPSA) is 41.9 Å². The fourth-order valence-electron chi connectivity index (χ4n) is 3.05. The second-order valence-corrected chi connectivity index (χ2v) is 6.48. The summed E-state index contributed by atoms with van der Waals surface area (Å²) in [6.07, 6.45) is 3.94. The fourth-order valence-corrected chi connectivity index (χ4v) is 3.05. The minimum atomic E-state index is 0.0851. The standard InChI is InChI=1S/C21H20N2O2/c1-14-12-17-10-11-18(25-2)13-19(17)20(15-6-4-3-5-7-15)22-23(14)21(24)16-8-9-16/h3-7,10-13,16H,8-9H2,1-2H3. The Labute approximate surface area is 147 Å². The molecule has 0 spiro atoms. The molecule has 0 bridgehead atoms. The highest BCUT2D eigenvalue weighted by Crippen LogP contribution is 2.34. The number of benzene rings is 2. The third kappa shape index (κ3) is 2.95. The second kappa shape index (κ2) is 6.20. The minimum absolute atomic E-state index is 0.0851. The van der Waals surface area contributed by atoms with Gasteiger partial charge < -0.3 is 4.74 Å². The number of allylic oxidation sites excluding steroid dienone is 1. The molecule has 4 nitrogen and oxygen atoms in total. The summed E-state index contributed by atoms with van der Waals surface area (Å²) in [6, 6.07) is 15.9. The monoisotopic (exact) mass is 332 g/mol. The lowest BCUT2D eigenvalue weighted by Crippen LogP contribution is -2.26. The fraction of sp³-hybridized carbons (Fsp3) is 0.238. The smallest absolute Gasteiger partial charge is 0.250 e. The summed E-state index contributed by atoms with van der Waals surface area (Å²) in [6.45, 7) is 1.94. The maximum atomic E-state index is 12.7. The Morgan fingerprint density at radius 1 is 1.16 bits per heavy atom. The zero-order valence-electron chi connectivity index (χ0n) is 14.4. The first-order chi connectivity index (χ1) is 12.2. The number of nitrogens with zero attached hydrogens (tertiary/aromatic N) is 2. The van der Waals surface area contributed by atoms with Crippen LogP contribution in [0, 0.1) is 5.92 Å². The highest BCUT2D eigenvalue weighted by molar-refractivity contribution is 6.15. The molecule has 1 aliphatic carbocycles. The van der Waals surface area contributed by atoms with Gasteiger partial charge in [-0.25, -0.2) is 5.01 Å². The molecule has 0 atom stereocenters. The average molecular weight is 332 g/mol. The van der Waals surface area contributed by atoms with Crippen LogP contribution in [0.3, 0.4) is 0 Å². The van der Waals surface area contributed by atoms with Crippen LogP contribution in [0.1, 0.15) is 36.5 Å². The van der Waals surface area contributed by atoms with Crippen LogP contribution in [0.15, 0.2) is 59.3 Å². The quantitative estimate of drug-likeness (QED) is 0.850. The zero-order chi connectivity index (χ0) is 17.4. The molecular weight excluding hydrogens is 312 g/mol. The first kappa shape index (κ1) is 15.6. The molecule has 4 rings (SSSR count). The number of fused-ring (bicyclic) bond motifs is 1. The molecule has 0 N–H and O–H groups in total. The van der Waals surface area contributed by atoms with E-state index in [0.29, 0.717) is 0 Å². The van der Waals surface area contributed by atoms with Crippen molar-refractivity contribution in [2.24, 2.45) is 11.0 Å². The number of rotatable bonds is 3. The summed E-state index contributed by atoms with van der Waals surface area (Å²) >= 11 is 0. The van der Waals surface area contributed by atoms with E-state index >= 15 is 0 Å². The van der Waals surface area contributed by atoms with E-state index in [1.807, 2.05) is 61.5 Å². The molecule has 1 saturated carbocycles. The number of hydrogen-bond acceptors (Lipinski definition) is 3. The highest BCUT2D eigenvalue weighted by Gasteiger charge is 2.35. The molecule has 2 aromatic rings. The Kier molecular flexibility index (Phi) is 3.88. The van der Waals surface area contributed by atoms with Crippen LogP contribution in [-0.2, 0) is 4.79 Å². The van der Waals surface area contributed by atoms with Crippen LogP contribution in [0.2, 0.25) is 0 Å². The van der Waals surface area contributed by atoms with E-state index < -0.39 is 0 Å². The molecule has 0 saturated heterocycles. The van der Waals surface area contributed by atoms with E-state index in [4.69, 9.17) is 9.84 Å². The Hall–Kier alpha value is -2.88. The molecule has 4 heteroatoms. The van der Waals surface area contributed by atoms with Gasteiger partial charge in [0, 0.05) is 22.7 Å². The van der Waals surface area contributed by atoms with Gasteiger partial charge in [0.2, 0.25) is 5.91 Å². The van der Waals surface area contributed by atoms with Gasteiger partial charge in [0.25, 0.3) is 0 Å². The van der Waals surface area contributed by atoms with E-state index in [9.17, 15) is 4.79 Å². The molecule has 1 amide bonds. The summed E-state index contributed by atoms with van der Waals surface area (Å²) in [5.74, 6) is 0.970. The van der Waals surface area contributed by atoms with Crippen molar-refractivity contribution in [3.63, 3.8) is 0 Å². The van der Waals surface area contributed by atoms with Crippen molar-refractivity contribution in [1.82, 2.24) is 5.01 Å². The number of carbonyl (C=O) groups excluding carboxylic acids is 1. The summed E-state index contributed by atoms with van der Waals surface area (Å²) in [5, 5.41) is 6.36. The Balaban J connectivity index is 1.91. The van der Waals surface area contributed by atoms with Gasteiger partial charge in [-0.2, -0.15) is 5.10 Å². The molecule has 126 valence electrons. The van der Waals surface area contributed by atoms with Crippen LogP contribution in [-0.4, -0.2) is 23.7 Å². The predicted molar refractivity (Wildman–Crippen MR) is 98.3 cm³/mol. The first-order valence-corrected chi connectivity index (χ1v) is 8.52. The molecule has 0 unspecified atom stereocenters. The highest BCUT2D eigenvalue weighted by atomic mass is 16.5. The number of hydrazone groups is 1. The van der Waals surface area contributed by atoms with E-state index in [0.717, 1.165) is 46.7 Å². The van der Waals surface area contributed by atoms with Gasteiger partial charge in [-0.05, 0) is 43.5 Å². The van der Waals surface area contributed by atoms with Crippen molar-refractivity contribution in [2.75, 3.05) is 7.11 Å². The zero-order valence-corrected chi connectivity index (χ0v) is 14.4. The lowest BCUT2D eigenvalue weighted by Gasteiger charge is -2.18. The summed E-state index contributed by atoms with van der Waals surface area (Å²) < 4.78 is 5.40. The van der Waals surface area contributed by atoms with Crippen molar-refractivity contribution in [3.05, 3.63) is 70.9 Å². The molecule has 1 heterocycles. The van der Waals surface area contributed by atoms with Gasteiger partial charge in [-0.15, -0.1) is 0 Å². The molecule has 1 aliphatic heterocycles. The second-order valence-electron chi connectivity index (χ2n) is 6.48. The van der Waals surface area contributed by atoms with Crippen molar-refractivity contribution >= 4 is 17.7 Å². The van der Waals surface area contributed by atoms with Crippen molar-refractivity contribution in [2.45, 2.75) is 19.8 Å². The maximum absolute atomic E-state index is 12.7. The minimum Gasteiger partial charge on any atom is -0.497 e. The Bertz CT molecular complexity index is 880. The first-order valence-electron chi connectivity index (χ1n) is 8.52. The van der Waals surface area contributed by atoms with E-state index in [1.165, 1.54) is 0 Å². The van der Waals surface area contributed by atoms with Gasteiger partial charge in [-0.3, -0.25) is 4.79 Å². The van der Waals surface area contributed by atoms with Gasteiger partial charge >= 0.3 is 0 Å². The largest absolute Gasteiger partial charge is 0.497 e. The van der Waals surface area contributed by atoms with Crippen molar-refractivity contribution in [1.29, 1.82) is 0 Å². The molecular formula is C21H20N2O2.